The molecule has 0 saturated heterocycles. The summed E-state index contributed by atoms with van der Waals surface area (Å²) in [5, 5.41) is 5.44. The molecule has 2 rings (SSSR count). The minimum Gasteiger partial charge on any atom is -0.495 e. The molecule has 0 saturated carbocycles. The van der Waals surface area contributed by atoms with E-state index in [9.17, 15) is 4.79 Å². The summed E-state index contributed by atoms with van der Waals surface area (Å²) in [7, 11) is 1.55. The first-order valence-electron chi connectivity index (χ1n) is 6.21. The molecule has 6 heteroatoms. The van der Waals surface area contributed by atoms with Crippen LogP contribution in [0, 0.1) is 0 Å². The first-order chi connectivity index (χ1) is 10.1. The van der Waals surface area contributed by atoms with Crippen molar-refractivity contribution >= 4 is 34.6 Å². The molecule has 0 heterocycles. The van der Waals surface area contributed by atoms with Crippen LogP contribution in [0.5, 0.6) is 5.75 Å². The monoisotopic (exact) mass is 301 g/mol. The minimum absolute atomic E-state index is 0.281. The van der Waals surface area contributed by atoms with Gasteiger partial charge in [-0.2, -0.15) is 0 Å². The van der Waals surface area contributed by atoms with Gasteiger partial charge in [-0.25, -0.2) is 4.79 Å². The predicted molar refractivity (Wildman–Crippen MR) is 88.0 cm³/mol. The fourth-order valence-electron chi connectivity index (χ4n) is 1.78. The van der Waals surface area contributed by atoms with Crippen molar-refractivity contribution in [3.05, 3.63) is 54.1 Å². The highest BCUT2D eigenvalue weighted by Gasteiger charge is 2.07. The number of anilines is 2. The molecule has 5 nitrogen and oxygen atoms in total. The number of rotatable bonds is 4. The average molecular weight is 301 g/mol. The number of carbonyl (C=O) groups excluding carboxylic acids is 1. The Bertz CT molecular complexity index is 673. The number of carbonyl (C=O) groups is 1. The Morgan fingerprint density at radius 1 is 1.14 bits per heavy atom. The van der Waals surface area contributed by atoms with Crippen molar-refractivity contribution in [3.8, 4) is 5.75 Å². The zero-order valence-electron chi connectivity index (χ0n) is 11.4. The van der Waals surface area contributed by atoms with Crippen molar-refractivity contribution < 1.29 is 9.53 Å². The van der Waals surface area contributed by atoms with E-state index in [4.69, 9.17) is 22.7 Å². The topological polar surface area (TPSA) is 76.4 Å². The summed E-state index contributed by atoms with van der Waals surface area (Å²) in [6, 6.07) is 13.8. The summed E-state index contributed by atoms with van der Waals surface area (Å²) in [5.74, 6) is 0.588. The Hall–Kier alpha value is -2.60. The number of urea groups is 1. The molecule has 0 aliphatic carbocycles. The van der Waals surface area contributed by atoms with E-state index < -0.39 is 0 Å². The van der Waals surface area contributed by atoms with E-state index in [2.05, 4.69) is 10.6 Å². The molecule has 0 unspecified atom stereocenters. The van der Waals surface area contributed by atoms with Crippen molar-refractivity contribution in [2.45, 2.75) is 0 Å². The van der Waals surface area contributed by atoms with Gasteiger partial charge in [-0.1, -0.05) is 36.5 Å². The average Bonchev–Trinajstić information content (AvgIpc) is 2.48. The minimum atomic E-state index is -0.375. The van der Waals surface area contributed by atoms with Crippen LogP contribution in [0.3, 0.4) is 0 Å². The van der Waals surface area contributed by atoms with Crippen LogP contribution in [0.25, 0.3) is 0 Å². The molecule has 4 N–H and O–H groups in total. The van der Waals surface area contributed by atoms with Gasteiger partial charge in [0.1, 0.15) is 10.7 Å². The fourth-order valence-corrected chi connectivity index (χ4v) is 1.91. The SMILES string of the molecule is COc1ccccc1NC(=O)Nc1cccc(C(N)=S)c1. The largest absolute Gasteiger partial charge is 0.495 e. The number of hydrogen-bond acceptors (Lipinski definition) is 3. The van der Waals surface area contributed by atoms with E-state index >= 15 is 0 Å². The number of para-hydroxylation sites is 2. The van der Waals surface area contributed by atoms with Crippen LogP contribution in [-0.4, -0.2) is 18.1 Å². The molecule has 0 bridgehead atoms. The van der Waals surface area contributed by atoms with Crippen LogP contribution in [0.1, 0.15) is 5.56 Å². The summed E-state index contributed by atoms with van der Waals surface area (Å²) in [6.45, 7) is 0. The van der Waals surface area contributed by atoms with Crippen molar-refractivity contribution in [1.29, 1.82) is 0 Å². The third-order valence-electron chi connectivity index (χ3n) is 2.76. The lowest BCUT2D eigenvalue weighted by molar-refractivity contribution is 0.262. The van der Waals surface area contributed by atoms with E-state index in [0.717, 1.165) is 0 Å². The first kappa shape index (κ1) is 14.8. The van der Waals surface area contributed by atoms with E-state index in [0.29, 0.717) is 22.7 Å². The molecule has 2 aromatic rings. The highest BCUT2D eigenvalue weighted by molar-refractivity contribution is 7.80. The highest BCUT2D eigenvalue weighted by atomic mass is 32.1. The smallest absolute Gasteiger partial charge is 0.323 e. The van der Waals surface area contributed by atoms with Crippen LogP contribution in [0.4, 0.5) is 16.2 Å². The van der Waals surface area contributed by atoms with Gasteiger partial charge in [0.05, 0.1) is 12.8 Å². The quantitative estimate of drug-likeness (QED) is 0.759. The summed E-state index contributed by atoms with van der Waals surface area (Å²) in [6.07, 6.45) is 0. The zero-order chi connectivity index (χ0) is 15.2. The van der Waals surface area contributed by atoms with E-state index in [1.807, 2.05) is 12.1 Å². The molecule has 0 spiro atoms. The Kier molecular flexibility index (Phi) is 4.73. The van der Waals surface area contributed by atoms with Gasteiger partial charge in [0.15, 0.2) is 0 Å². The third kappa shape index (κ3) is 3.93. The predicted octanol–water partition coefficient (Wildman–Crippen LogP) is 2.97. The summed E-state index contributed by atoms with van der Waals surface area (Å²) >= 11 is 4.91. The van der Waals surface area contributed by atoms with Gasteiger partial charge in [-0.05, 0) is 24.3 Å². The van der Waals surface area contributed by atoms with Crippen LogP contribution >= 0.6 is 12.2 Å². The summed E-state index contributed by atoms with van der Waals surface area (Å²) < 4.78 is 5.17. The van der Waals surface area contributed by atoms with Crippen LogP contribution in [0.15, 0.2) is 48.5 Å². The molecule has 0 atom stereocenters. The van der Waals surface area contributed by atoms with Crippen LogP contribution in [0.2, 0.25) is 0 Å². The summed E-state index contributed by atoms with van der Waals surface area (Å²) in [4.78, 5) is 12.3. The lowest BCUT2D eigenvalue weighted by Gasteiger charge is -2.11. The number of nitrogens with one attached hydrogen (secondary N) is 2. The number of hydrogen-bond donors (Lipinski definition) is 3. The van der Waals surface area contributed by atoms with Gasteiger partial charge >= 0.3 is 6.03 Å². The van der Waals surface area contributed by atoms with Gasteiger partial charge in [0.2, 0.25) is 0 Å². The molecule has 2 aromatic carbocycles. The van der Waals surface area contributed by atoms with Gasteiger partial charge < -0.3 is 21.1 Å². The second kappa shape index (κ2) is 6.71. The van der Waals surface area contributed by atoms with Crippen molar-refractivity contribution in [3.63, 3.8) is 0 Å². The molecule has 0 aromatic heterocycles. The molecule has 0 radical (unpaired) electrons. The molecular formula is C15H15N3O2S. The number of methoxy groups -OCH3 is 1. The maximum atomic E-state index is 12.0. The zero-order valence-corrected chi connectivity index (χ0v) is 12.2. The second-order valence-electron chi connectivity index (χ2n) is 4.22. The van der Waals surface area contributed by atoms with E-state index in [-0.39, 0.29) is 11.0 Å². The normalized spacial score (nSPS) is 9.76. The molecule has 0 fully saturated rings. The van der Waals surface area contributed by atoms with Crippen molar-refractivity contribution in [2.24, 2.45) is 5.73 Å². The lowest BCUT2D eigenvalue weighted by Crippen LogP contribution is -2.20. The Labute approximate surface area is 128 Å². The lowest BCUT2D eigenvalue weighted by atomic mass is 10.2. The Balaban J connectivity index is 2.08. The van der Waals surface area contributed by atoms with Gasteiger partial charge in [0.25, 0.3) is 0 Å². The van der Waals surface area contributed by atoms with E-state index in [1.54, 1.807) is 43.5 Å². The molecule has 108 valence electrons. The Morgan fingerprint density at radius 3 is 2.62 bits per heavy atom. The Morgan fingerprint density at radius 2 is 1.90 bits per heavy atom. The van der Waals surface area contributed by atoms with Crippen LogP contribution < -0.4 is 21.1 Å². The molecular weight excluding hydrogens is 286 g/mol. The molecule has 2 amide bonds. The standard InChI is InChI=1S/C15H15N3O2S/c1-20-13-8-3-2-7-12(13)18-15(19)17-11-6-4-5-10(9-11)14(16)21/h2-9H,1H3,(H2,16,21)(H2,17,18,19). The number of benzene rings is 2. The van der Waals surface area contributed by atoms with Gasteiger partial charge in [-0.15, -0.1) is 0 Å². The highest BCUT2D eigenvalue weighted by Crippen LogP contribution is 2.23. The number of amides is 2. The number of ether oxygens (including phenoxy) is 1. The van der Waals surface area contributed by atoms with Crippen molar-refractivity contribution in [1.82, 2.24) is 0 Å². The fraction of sp³-hybridized carbons (Fsp3) is 0.0667. The van der Waals surface area contributed by atoms with E-state index in [1.165, 1.54) is 0 Å². The third-order valence-corrected chi connectivity index (χ3v) is 3.00. The first-order valence-corrected chi connectivity index (χ1v) is 6.62. The van der Waals surface area contributed by atoms with Gasteiger partial charge in [0, 0.05) is 11.3 Å². The maximum Gasteiger partial charge on any atom is 0.323 e. The molecule has 21 heavy (non-hydrogen) atoms. The maximum absolute atomic E-state index is 12.0. The van der Waals surface area contributed by atoms with Crippen molar-refractivity contribution in [2.75, 3.05) is 17.7 Å². The molecule has 0 aliphatic rings. The second-order valence-corrected chi connectivity index (χ2v) is 4.66. The summed E-state index contributed by atoms with van der Waals surface area (Å²) in [5.41, 5.74) is 7.45. The number of thiocarbonyl (C=S) groups is 1. The van der Waals surface area contributed by atoms with Crippen LogP contribution in [-0.2, 0) is 0 Å². The molecule has 0 aliphatic heterocycles. The number of nitrogens with two attached hydrogens (primary N) is 1. The van der Waals surface area contributed by atoms with Gasteiger partial charge in [-0.3, -0.25) is 0 Å².